The molecule has 0 unspecified atom stereocenters. The summed E-state index contributed by atoms with van der Waals surface area (Å²) < 4.78 is 4.73. The quantitative estimate of drug-likeness (QED) is 0.580. The summed E-state index contributed by atoms with van der Waals surface area (Å²) in [5, 5.41) is 11.2. The fourth-order valence-electron chi connectivity index (χ4n) is 1.53. The van der Waals surface area contributed by atoms with Crippen molar-refractivity contribution < 1.29 is 18.9 Å². The van der Waals surface area contributed by atoms with Crippen LogP contribution in [0.1, 0.15) is 43.9 Å². The van der Waals surface area contributed by atoms with E-state index >= 15 is 0 Å². The Morgan fingerprint density at radius 2 is 1.88 bits per heavy atom. The first-order valence-electron chi connectivity index (χ1n) is 7.52. The number of rotatable bonds is 5. The number of nitrogens with zero attached hydrogens (tertiary/aromatic N) is 1. The lowest BCUT2D eigenvalue weighted by atomic mass is 10.1. The lowest BCUT2D eigenvalue weighted by molar-refractivity contribution is -0.121. The molecule has 1 rings (SSSR count). The highest BCUT2D eigenvalue weighted by molar-refractivity contribution is 5.94. The Hall–Kier alpha value is -2.42. The first-order valence-corrected chi connectivity index (χ1v) is 7.52. The molecule has 0 aliphatic rings. The number of nitrogens with two attached hydrogens (primary N) is 1. The Labute approximate surface area is 141 Å². The van der Waals surface area contributed by atoms with Crippen LogP contribution in [0.15, 0.2) is 10.6 Å². The number of amides is 3. The van der Waals surface area contributed by atoms with Crippen molar-refractivity contribution in [3.63, 3.8) is 0 Å². The molecule has 1 heterocycles. The van der Waals surface area contributed by atoms with E-state index in [9.17, 15) is 14.4 Å². The van der Waals surface area contributed by atoms with Crippen LogP contribution in [0.5, 0.6) is 0 Å². The van der Waals surface area contributed by atoms with E-state index in [4.69, 9.17) is 10.3 Å². The normalized spacial score (nSPS) is 10.2. The molecular formula is C15H27N5O4. The summed E-state index contributed by atoms with van der Waals surface area (Å²) in [5.41, 5.74) is 5.28. The van der Waals surface area contributed by atoms with Crippen molar-refractivity contribution in [2.45, 2.75) is 40.2 Å². The highest BCUT2D eigenvalue weighted by Crippen LogP contribution is 2.00. The van der Waals surface area contributed by atoms with E-state index in [0.717, 1.165) is 0 Å². The van der Waals surface area contributed by atoms with Crippen LogP contribution in [0, 0.1) is 6.92 Å². The van der Waals surface area contributed by atoms with E-state index < -0.39 is 5.91 Å². The molecular weight excluding hydrogens is 314 g/mol. The van der Waals surface area contributed by atoms with Gasteiger partial charge in [0.05, 0.1) is 6.54 Å². The van der Waals surface area contributed by atoms with Crippen molar-refractivity contribution in [1.29, 1.82) is 0 Å². The summed E-state index contributed by atoms with van der Waals surface area (Å²) in [6.45, 7) is 9.70. The lowest BCUT2D eigenvalue weighted by Crippen LogP contribution is -2.38. The van der Waals surface area contributed by atoms with Gasteiger partial charge in [-0.05, 0) is 27.7 Å². The minimum atomic E-state index is -0.445. The first-order chi connectivity index (χ1) is 11.0. The SMILES string of the molecule is CC(=O)NC(C)(C)C.Cc1cc(C(=O)NCC(=O)NCCN)no1. The van der Waals surface area contributed by atoms with Gasteiger partial charge in [0.15, 0.2) is 5.69 Å². The zero-order chi connectivity index (χ0) is 18.8. The molecule has 0 saturated heterocycles. The van der Waals surface area contributed by atoms with Gasteiger partial charge < -0.3 is 26.2 Å². The first kappa shape index (κ1) is 21.6. The molecule has 136 valence electrons. The van der Waals surface area contributed by atoms with Crippen LogP contribution in [0.4, 0.5) is 0 Å². The molecule has 0 radical (unpaired) electrons. The van der Waals surface area contributed by atoms with E-state index in [1.807, 2.05) is 20.8 Å². The van der Waals surface area contributed by atoms with Crippen molar-refractivity contribution in [2.24, 2.45) is 5.73 Å². The van der Waals surface area contributed by atoms with Gasteiger partial charge in [-0.2, -0.15) is 0 Å². The van der Waals surface area contributed by atoms with Gasteiger partial charge in [0.25, 0.3) is 5.91 Å². The third kappa shape index (κ3) is 11.2. The fraction of sp³-hybridized carbons (Fsp3) is 0.600. The molecule has 0 aliphatic heterocycles. The molecule has 3 amide bonds. The summed E-state index contributed by atoms with van der Waals surface area (Å²) in [5.74, 6) is -0.172. The summed E-state index contributed by atoms with van der Waals surface area (Å²) in [7, 11) is 0. The maximum Gasteiger partial charge on any atom is 0.273 e. The second kappa shape index (κ2) is 10.4. The van der Waals surface area contributed by atoms with E-state index in [0.29, 0.717) is 18.8 Å². The molecule has 9 heteroatoms. The van der Waals surface area contributed by atoms with Crippen LogP contribution < -0.4 is 21.7 Å². The number of hydrogen-bond acceptors (Lipinski definition) is 6. The van der Waals surface area contributed by atoms with Crippen molar-refractivity contribution in [1.82, 2.24) is 21.1 Å². The Balaban J connectivity index is 0.000000561. The monoisotopic (exact) mass is 341 g/mol. The number of carbonyl (C=O) groups excluding carboxylic acids is 3. The third-order valence-corrected chi connectivity index (χ3v) is 2.29. The zero-order valence-electron chi connectivity index (χ0n) is 14.9. The van der Waals surface area contributed by atoms with Crippen molar-refractivity contribution >= 4 is 17.7 Å². The maximum absolute atomic E-state index is 11.4. The Morgan fingerprint density at radius 1 is 1.25 bits per heavy atom. The van der Waals surface area contributed by atoms with Crippen molar-refractivity contribution in [3.05, 3.63) is 17.5 Å². The van der Waals surface area contributed by atoms with E-state index in [1.165, 1.54) is 13.0 Å². The molecule has 1 aromatic heterocycles. The van der Waals surface area contributed by atoms with Crippen molar-refractivity contribution in [2.75, 3.05) is 19.6 Å². The fourth-order valence-corrected chi connectivity index (χ4v) is 1.53. The highest BCUT2D eigenvalue weighted by Gasteiger charge is 2.11. The van der Waals surface area contributed by atoms with Gasteiger partial charge in [-0.3, -0.25) is 14.4 Å². The van der Waals surface area contributed by atoms with E-state index in [-0.39, 0.29) is 29.6 Å². The average Bonchev–Trinajstić information content (AvgIpc) is 2.87. The summed E-state index contributed by atoms with van der Waals surface area (Å²) in [4.78, 5) is 32.9. The number of carbonyl (C=O) groups is 3. The van der Waals surface area contributed by atoms with Crippen molar-refractivity contribution in [3.8, 4) is 0 Å². The van der Waals surface area contributed by atoms with Crippen LogP contribution in [0.25, 0.3) is 0 Å². The van der Waals surface area contributed by atoms with Crippen LogP contribution in [-0.4, -0.2) is 48.1 Å². The minimum absolute atomic E-state index is 0.0255. The second-order valence-corrected chi connectivity index (χ2v) is 6.08. The van der Waals surface area contributed by atoms with E-state index in [1.54, 1.807) is 6.92 Å². The van der Waals surface area contributed by atoms with Gasteiger partial charge >= 0.3 is 0 Å². The van der Waals surface area contributed by atoms with Crippen LogP contribution in [-0.2, 0) is 9.59 Å². The molecule has 0 atom stereocenters. The summed E-state index contributed by atoms with van der Waals surface area (Å²) in [6, 6.07) is 1.49. The van der Waals surface area contributed by atoms with Crippen LogP contribution in [0.3, 0.4) is 0 Å². The van der Waals surface area contributed by atoms with Gasteiger partial charge in [-0.25, -0.2) is 0 Å². The molecule has 0 aromatic carbocycles. The van der Waals surface area contributed by atoms with Crippen LogP contribution in [0.2, 0.25) is 0 Å². The zero-order valence-corrected chi connectivity index (χ0v) is 14.9. The topological polar surface area (TPSA) is 139 Å². The Kier molecular flexibility index (Phi) is 9.33. The molecule has 0 bridgehead atoms. The smallest absolute Gasteiger partial charge is 0.273 e. The largest absolute Gasteiger partial charge is 0.361 e. The number of aromatic nitrogens is 1. The summed E-state index contributed by atoms with van der Waals surface area (Å²) >= 11 is 0. The predicted molar refractivity (Wildman–Crippen MR) is 89.2 cm³/mol. The van der Waals surface area contributed by atoms with Gasteiger partial charge in [0.1, 0.15) is 5.76 Å². The molecule has 24 heavy (non-hydrogen) atoms. The highest BCUT2D eigenvalue weighted by atomic mass is 16.5. The second-order valence-electron chi connectivity index (χ2n) is 6.08. The molecule has 0 fully saturated rings. The molecule has 0 aliphatic carbocycles. The Morgan fingerprint density at radius 3 is 2.25 bits per heavy atom. The predicted octanol–water partition coefficient (Wildman–Crippen LogP) is -0.291. The number of hydrogen-bond donors (Lipinski definition) is 4. The van der Waals surface area contributed by atoms with E-state index in [2.05, 4.69) is 21.1 Å². The number of aryl methyl sites for hydroxylation is 1. The molecule has 0 spiro atoms. The van der Waals surface area contributed by atoms with Gasteiger partial charge in [-0.1, -0.05) is 5.16 Å². The van der Waals surface area contributed by atoms with Gasteiger partial charge in [0, 0.05) is 31.6 Å². The summed E-state index contributed by atoms with van der Waals surface area (Å²) in [6.07, 6.45) is 0. The molecule has 0 saturated carbocycles. The average molecular weight is 341 g/mol. The minimum Gasteiger partial charge on any atom is -0.361 e. The van der Waals surface area contributed by atoms with Crippen LogP contribution >= 0.6 is 0 Å². The molecule has 9 nitrogen and oxygen atoms in total. The molecule has 5 N–H and O–H groups in total. The Bertz CT molecular complexity index is 548. The molecule has 1 aromatic rings. The standard InChI is InChI=1S/C9H14N4O3.C6H13NO/c1-6-4-7(13-16-6)9(15)12-5-8(14)11-3-2-10;1-5(8)7-6(2,3)4/h4H,2-3,5,10H2,1H3,(H,11,14)(H,12,15);1-4H3,(H,7,8). The van der Waals surface area contributed by atoms with Gasteiger partial charge in [0.2, 0.25) is 11.8 Å². The number of nitrogens with one attached hydrogen (secondary N) is 3. The van der Waals surface area contributed by atoms with Gasteiger partial charge in [-0.15, -0.1) is 0 Å². The third-order valence-electron chi connectivity index (χ3n) is 2.29. The maximum atomic E-state index is 11.4. The lowest BCUT2D eigenvalue weighted by Gasteiger charge is -2.18.